The molecule has 0 spiro atoms. The van der Waals surface area contributed by atoms with Crippen LogP contribution >= 0.6 is 0 Å². The van der Waals surface area contributed by atoms with Gasteiger partial charge in [-0.25, -0.2) is 4.79 Å². The second-order valence-corrected chi connectivity index (χ2v) is 5.69. The smallest absolute Gasteiger partial charge is 0.336 e. The van der Waals surface area contributed by atoms with Gasteiger partial charge in [-0.15, -0.1) is 0 Å². The van der Waals surface area contributed by atoms with Gasteiger partial charge < -0.3 is 24.8 Å². The third-order valence-corrected chi connectivity index (χ3v) is 3.87. The number of carbonyl (C=O) groups excluding carboxylic acids is 1. The maximum atomic E-state index is 12.0. The van der Waals surface area contributed by atoms with Crippen LogP contribution in [0.25, 0.3) is 0 Å². The van der Waals surface area contributed by atoms with Gasteiger partial charge in [0, 0.05) is 25.4 Å². The first kappa shape index (κ1) is 19.0. The first-order chi connectivity index (χ1) is 12.3. The molecule has 0 fully saturated rings. The Hall–Kier alpha value is -3.29. The summed E-state index contributed by atoms with van der Waals surface area (Å²) in [4.78, 5) is 34.7. The van der Waals surface area contributed by atoms with Gasteiger partial charge in [-0.2, -0.15) is 0 Å². The molecule has 0 aliphatic rings. The maximum absolute atomic E-state index is 12.0. The number of ether oxygens (including phenoxy) is 1. The van der Waals surface area contributed by atoms with Crippen molar-refractivity contribution in [1.29, 1.82) is 0 Å². The van der Waals surface area contributed by atoms with Gasteiger partial charge in [0.25, 0.3) is 11.5 Å². The monoisotopic (exact) mass is 360 g/mol. The van der Waals surface area contributed by atoms with E-state index in [9.17, 15) is 19.5 Å². The highest BCUT2D eigenvalue weighted by Crippen LogP contribution is 2.21. The molecule has 26 heavy (non-hydrogen) atoms. The lowest BCUT2D eigenvalue weighted by atomic mass is 10.1. The number of aromatic hydroxyl groups is 1. The number of pyridine rings is 1. The van der Waals surface area contributed by atoms with Crippen molar-refractivity contribution in [3.63, 3.8) is 0 Å². The van der Waals surface area contributed by atoms with Gasteiger partial charge in [0.2, 0.25) is 0 Å². The summed E-state index contributed by atoms with van der Waals surface area (Å²) in [6.45, 7) is 2.21. The zero-order valence-electron chi connectivity index (χ0n) is 14.5. The fraction of sp³-hybridized carbons (Fsp3) is 0.278. The van der Waals surface area contributed by atoms with Crippen LogP contribution in [0.4, 0.5) is 0 Å². The number of rotatable bonds is 7. The van der Waals surface area contributed by atoms with Crippen LogP contribution in [0, 0.1) is 6.92 Å². The van der Waals surface area contributed by atoms with Gasteiger partial charge >= 0.3 is 5.97 Å². The van der Waals surface area contributed by atoms with Crippen LogP contribution in [-0.4, -0.2) is 39.8 Å². The molecule has 0 aliphatic heterocycles. The number of carboxylic acids is 1. The number of hydrogen-bond acceptors (Lipinski definition) is 5. The van der Waals surface area contributed by atoms with E-state index in [0.717, 1.165) is 0 Å². The van der Waals surface area contributed by atoms with Crippen LogP contribution in [0.1, 0.15) is 32.7 Å². The van der Waals surface area contributed by atoms with Crippen molar-refractivity contribution in [1.82, 2.24) is 9.88 Å². The third kappa shape index (κ3) is 4.21. The molecular weight excluding hydrogens is 340 g/mol. The van der Waals surface area contributed by atoms with Gasteiger partial charge in [-0.3, -0.25) is 9.59 Å². The molecule has 0 saturated carbocycles. The summed E-state index contributed by atoms with van der Waals surface area (Å²) in [5.41, 5.74) is -0.0141. The van der Waals surface area contributed by atoms with Crippen LogP contribution < -0.4 is 15.6 Å². The fourth-order valence-electron chi connectivity index (χ4n) is 2.35. The van der Waals surface area contributed by atoms with Gasteiger partial charge in [-0.1, -0.05) is 6.07 Å². The second kappa shape index (κ2) is 8.19. The van der Waals surface area contributed by atoms with Crippen molar-refractivity contribution >= 4 is 11.9 Å². The lowest BCUT2D eigenvalue weighted by Crippen LogP contribution is -2.28. The van der Waals surface area contributed by atoms with E-state index in [4.69, 9.17) is 9.84 Å². The van der Waals surface area contributed by atoms with Crippen molar-refractivity contribution in [3.8, 4) is 11.5 Å². The summed E-state index contributed by atoms with van der Waals surface area (Å²) >= 11 is 0. The standard InChI is InChI=1S/C18H20N2O6/c1-11-12(18(24)25)5-3-6-14(11)26-10-4-8-19-16(22)13-7-9-20(2)17(23)15(13)21/h3,5-7,9,21H,4,8,10H2,1-2H3,(H,19,22)(H,24,25). The molecule has 1 aromatic heterocycles. The largest absolute Gasteiger partial charge is 0.502 e. The minimum atomic E-state index is -1.02. The highest BCUT2D eigenvalue weighted by molar-refractivity contribution is 5.96. The summed E-state index contributed by atoms with van der Waals surface area (Å²) < 4.78 is 6.73. The molecule has 0 aliphatic carbocycles. The number of carboxylic acid groups (broad SMARTS) is 1. The molecule has 1 heterocycles. The van der Waals surface area contributed by atoms with E-state index in [-0.39, 0.29) is 24.3 Å². The number of carbonyl (C=O) groups is 2. The van der Waals surface area contributed by atoms with Crippen LogP contribution in [0.3, 0.4) is 0 Å². The molecule has 0 atom stereocenters. The lowest BCUT2D eigenvalue weighted by molar-refractivity contribution is 0.0695. The molecule has 0 bridgehead atoms. The van der Waals surface area contributed by atoms with E-state index >= 15 is 0 Å². The Balaban J connectivity index is 1.86. The molecule has 2 rings (SSSR count). The number of amides is 1. The van der Waals surface area contributed by atoms with Gasteiger partial charge in [-0.05, 0) is 31.5 Å². The average molecular weight is 360 g/mol. The van der Waals surface area contributed by atoms with Crippen molar-refractivity contribution in [3.05, 3.63) is 57.5 Å². The molecule has 2 aromatic rings. The van der Waals surface area contributed by atoms with E-state index in [1.54, 1.807) is 19.1 Å². The number of aromatic carboxylic acids is 1. The average Bonchev–Trinajstić information content (AvgIpc) is 2.60. The highest BCUT2D eigenvalue weighted by Gasteiger charge is 2.14. The van der Waals surface area contributed by atoms with E-state index in [0.29, 0.717) is 17.7 Å². The Morgan fingerprint density at radius 2 is 1.96 bits per heavy atom. The molecular formula is C18H20N2O6. The minimum absolute atomic E-state index is 0.0842. The summed E-state index contributed by atoms with van der Waals surface area (Å²) in [7, 11) is 1.47. The third-order valence-electron chi connectivity index (χ3n) is 3.87. The lowest BCUT2D eigenvalue weighted by Gasteiger charge is -2.11. The Bertz CT molecular complexity index is 888. The first-order valence-corrected chi connectivity index (χ1v) is 7.95. The van der Waals surface area contributed by atoms with Crippen molar-refractivity contribution in [2.24, 2.45) is 7.05 Å². The number of benzene rings is 1. The van der Waals surface area contributed by atoms with Crippen molar-refractivity contribution in [2.45, 2.75) is 13.3 Å². The zero-order valence-corrected chi connectivity index (χ0v) is 14.5. The number of aromatic nitrogens is 1. The molecule has 8 heteroatoms. The van der Waals surface area contributed by atoms with Gasteiger partial charge in [0.15, 0.2) is 5.75 Å². The number of nitrogens with zero attached hydrogens (tertiary/aromatic N) is 1. The SMILES string of the molecule is Cc1c(OCCCNC(=O)c2ccn(C)c(=O)c2O)cccc1C(=O)O. The second-order valence-electron chi connectivity index (χ2n) is 5.69. The van der Waals surface area contributed by atoms with Gasteiger partial charge in [0.05, 0.1) is 17.7 Å². The molecule has 138 valence electrons. The Morgan fingerprint density at radius 1 is 1.23 bits per heavy atom. The Kier molecular flexibility index (Phi) is 6.00. The number of nitrogens with one attached hydrogen (secondary N) is 1. The van der Waals surface area contributed by atoms with Crippen molar-refractivity contribution < 1.29 is 24.5 Å². The normalized spacial score (nSPS) is 10.4. The fourth-order valence-corrected chi connectivity index (χ4v) is 2.35. The minimum Gasteiger partial charge on any atom is -0.502 e. The quantitative estimate of drug-likeness (QED) is 0.641. The van der Waals surface area contributed by atoms with Crippen LogP contribution in [0.2, 0.25) is 0 Å². The first-order valence-electron chi connectivity index (χ1n) is 7.95. The molecule has 0 unspecified atom stereocenters. The molecule has 0 radical (unpaired) electrons. The van der Waals surface area contributed by atoms with E-state index in [1.807, 2.05) is 0 Å². The number of hydrogen-bond donors (Lipinski definition) is 3. The molecule has 1 amide bonds. The van der Waals surface area contributed by atoms with Crippen LogP contribution in [0.15, 0.2) is 35.3 Å². The molecule has 0 saturated heterocycles. The maximum Gasteiger partial charge on any atom is 0.336 e. The van der Waals surface area contributed by atoms with Crippen LogP contribution in [0.5, 0.6) is 11.5 Å². The zero-order chi connectivity index (χ0) is 19.3. The summed E-state index contributed by atoms with van der Waals surface area (Å²) in [5.74, 6) is -1.69. The van der Waals surface area contributed by atoms with Gasteiger partial charge in [0.1, 0.15) is 5.75 Å². The Labute approximate surface area is 149 Å². The summed E-state index contributed by atoms with van der Waals surface area (Å²) in [5, 5.41) is 21.4. The molecule has 8 nitrogen and oxygen atoms in total. The topological polar surface area (TPSA) is 118 Å². The van der Waals surface area contributed by atoms with E-state index < -0.39 is 23.2 Å². The van der Waals surface area contributed by atoms with Crippen LogP contribution in [-0.2, 0) is 7.05 Å². The van der Waals surface area contributed by atoms with E-state index in [2.05, 4.69) is 5.32 Å². The summed E-state index contributed by atoms with van der Waals surface area (Å²) in [6.07, 6.45) is 1.87. The summed E-state index contributed by atoms with van der Waals surface area (Å²) in [6, 6.07) is 6.15. The molecule has 3 N–H and O–H groups in total. The predicted octanol–water partition coefficient (Wildman–Crippen LogP) is 1.30. The van der Waals surface area contributed by atoms with Crippen molar-refractivity contribution in [2.75, 3.05) is 13.2 Å². The Morgan fingerprint density at radius 3 is 2.65 bits per heavy atom. The number of aryl methyl sites for hydroxylation is 1. The highest BCUT2D eigenvalue weighted by atomic mass is 16.5. The predicted molar refractivity (Wildman–Crippen MR) is 93.9 cm³/mol. The van der Waals surface area contributed by atoms with E-state index in [1.165, 1.54) is 29.9 Å². The molecule has 1 aromatic carbocycles.